The van der Waals surface area contributed by atoms with E-state index in [1.54, 1.807) is 7.11 Å². The van der Waals surface area contributed by atoms with Gasteiger partial charge in [0.1, 0.15) is 5.75 Å². The fraction of sp³-hybridized carbons (Fsp3) is 0.417. The van der Waals surface area contributed by atoms with Crippen molar-refractivity contribution < 1.29 is 14.3 Å². The van der Waals surface area contributed by atoms with Gasteiger partial charge in [-0.15, -0.1) is 0 Å². The lowest BCUT2D eigenvalue weighted by atomic mass is 10.0. The van der Waals surface area contributed by atoms with Crippen LogP contribution in [0.15, 0.2) is 18.2 Å². The lowest BCUT2D eigenvalue weighted by molar-refractivity contribution is 0.170. The molecule has 88 valence electrons. The van der Waals surface area contributed by atoms with Crippen LogP contribution in [0.4, 0.5) is 4.79 Å². The molecule has 0 saturated heterocycles. The van der Waals surface area contributed by atoms with Crippen LogP contribution in [0.1, 0.15) is 18.1 Å². The van der Waals surface area contributed by atoms with Crippen LogP contribution in [0.25, 0.3) is 0 Å². The first-order chi connectivity index (χ1) is 7.71. The maximum absolute atomic E-state index is 11.0. The monoisotopic (exact) mass is 223 g/mol. The third-order valence-electron chi connectivity index (χ3n) is 2.40. The fourth-order valence-electron chi connectivity index (χ4n) is 1.48. The van der Waals surface area contributed by atoms with Crippen LogP contribution in [0.2, 0.25) is 0 Å². The van der Waals surface area contributed by atoms with E-state index in [1.807, 2.05) is 18.2 Å². The Labute approximate surface area is 95.6 Å². The van der Waals surface area contributed by atoms with Crippen molar-refractivity contribution >= 4 is 6.09 Å². The van der Waals surface area contributed by atoms with Gasteiger partial charge in [-0.25, -0.2) is 4.79 Å². The zero-order valence-corrected chi connectivity index (χ0v) is 9.87. The van der Waals surface area contributed by atoms with Crippen LogP contribution < -0.4 is 10.1 Å². The van der Waals surface area contributed by atoms with Gasteiger partial charge in [0.15, 0.2) is 0 Å². The maximum atomic E-state index is 11.0. The second-order valence-corrected chi connectivity index (χ2v) is 3.33. The summed E-state index contributed by atoms with van der Waals surface area (Å²) >= 11 is 0. The highest BCUT2D eigenvalue weighted by atomic mass is 16.5. The summed E-state index contributed by atoms with van der Waals surface area (Å²) in [6.45, 7) is 2.52. The normalized spacial score (nSPS) is 9.69. The van der Waals surface area contributed by atoms with Gasteiger partial charge in [-0.3, -0.25) is 0 Å². The fourth-order valence-corrected chi connectivity index (χ4v) is 1.48. The average Bonchev–Trinajstić information content (AvgIpc) is 2.35. The van der Waals surface area contributed by atoms with Gasteiger partial charge in [0.25, 0.3) is 0 Å². The van der Waals surface area contributed by atoms with E-state index in [1.165, 1.54) is 12.7 Å². The van der Waals surface area contributed by atoms with Crippen LogP contribution in [-0.4, -0.2) is 20.3 Å². The van der Waals surface area contributed by atoms with Crippen LogP contribution >= 0.6 is 0 Å². The Morgan fingerprint density at radius 2 is 2.06 bits per heavy atom. The summed E-state index contributed by atoms with van der Waals surface area (Å²) in [5.74, 6) is 0.791. The van der Waals surface area contributed by atoms with Crippen molar-refractivity contribution in [3.05, 3.63) is 29.3 Å². The number of rotatable bonds is 4. The summed E-state index contributed by atoms with van der Waals surface area (Å²) < 4.78 is 9.66. The minimum absolute atomic E-state index is 0.426. The number of hydrogen-bond donors (Lipinski definition) is 1. The SMILES string of the molecule is CCc1ccc(OC)cc1CNC(=O)OC. The first-order valence-corrected chi connectivity index (χ1v) is 5.18. The number of aryl methyl sites for hydroxylation is 1. The van der Waals surface area contributed by atoms with E-state index in [9.17, 15) is 4.79 Å². The number of benzene rings is 1. The molecular formula is C12H17NO3. The highest BCUT2D eigenvalue weighted by Gasteiger charge is 2.05. The van der Waals surface area contributed by atoms with Crippen molar-refractivity contribution in [2.24, 2.45) is 0 Å². The van der Waals surface area contributed by atoms with Crippen LogP contribution in [0.5, 0.6) is 5.75 Å². The predicted molar refractivity (Wildman–Crippen MR) is 61.6 cm³/mol. The van der Waals surface area contributed by atoms with E-state index in [0.29, 0.717) is 6.54 Å². The molecule has 1 aromatic carbocycles. The van der Waals surface area contributed by atoms with Gasteiger partial charge in [0.05, 0.1) is 14.2 Å². The van der Waals surface area contributed by atoms with Crippen molar-refractivity contribution in [1.82, 2.24) is 5.32 Å². The lowest BCUT2D eigenvalue weighted by Gasteiger charge is -2.10. The van der Waals surface area contributed by atoms with E-state index in [4.69, 9.17) is 4.74 Å². The molecule has 4 heteroatoms. The topological polar surface area (TPSA) is 47.6 Å². The zero-order chi connectivity index (χ0) is 12.0. The molecule has 0 atom stereocenters. The Kier molecular flexibility index (Phi) is 4.64. The molecular weight excluding hydrogens is 206 g/mol. The van der Waals surface area contributed by atoms with E-state index >= 15 is 0 Å². The smallest absolute Gasteiger partial charge is 0.407 e. The Hall–Kier alpha value is -1.71. The van der Waals surface area contributed by atoms with Crippen LogP contribution in [-0.2, 0) is 17.7 Å². The van der Waals surface area contributed by atoms with E-state index < -0.39 is 6.09 Å². The maximum Gasteiger partial charge on any atom is 0.407 e. The van der Waals surface area contributed by atoms with Crippen molar-refractivity contribution in [2.45, 2.75) is 19.9 Å². The van der Waals surface area contributed by atoms with Crippen LogP contribution in [0, 0.1) is 0 Å². The number of ether oxygens (including phenoxy) is 2. The molecule has 16 heavy (non-hydrogen) atoms. The molecule has 0 aliphatic rings. The van der Waals surface area contributed by atoms with Gasteiger partial charge in [0, 0.05) is 6.54 Å². The highest BCUT2D eigenvalue weighted by Crippen LogP contribution is 2.18. The molecule has 0 aromatic heterocycles. The van der Waals surface area contributed by atoms with Gasteiger partial charge in [0.2, 0.25) is 0 Å². The molecule has 0 fully saturated rings. The first-order valence-electron chi connectivity index (χ1n) is 5.18. The summed E-state index contributed by atoms with van der Waals surface area (Å²) in [6, 6.07) is 5.85. The molecule has 0 bridgehead atoms. The predicted octanol–water partition coefficient (Wildman–Crippen LogP) is 2.11. The number of alkyl carbamates (subject to hydrolysis) is 1. The van der Waals surface area contributed by atoms with E-state index in [0.717, 1.165) is 17.7 Å². The number of methoxy groups -OCH3 is 2. The van der Waals surface area contributed by atoms with E-state index in [2.05, 4.69) is 17.0 Å². The van der Waals surface area contributed by atoms with Gasteiger partial charge in [-0.05, 0) is 29.7 Å². The highest BCUT2D eigenvalue weighted by molar-refractivity contribution is 5.67. The second kappa shape index (κ2) is 6.00. The summed E-state index contributed by atoms with van der Waals surface area (Å²) in [5, 5.41) is 2.66. The van der Waals surface area contributed by atoms with Gasteiger partial charge >= 0.3 is 6.09 Å². The molecule has 0 unspecified atom stereocenters. The minimum atomic E-state index is -0.426. The standard InChI is InChI=1S/C12H17NO3/c1-4-9-5-6-11(15-2)7-10(9)8-13-12(14)16-3/h5-7H,4,8H2,1-3H3,(H,13,14). The zero-order valence-electron chi connectivity index (χ0n) is 9.87. The van der Waals surface area contributed by atoms with Crippen LogP contribution in [0.3, 0.4) is 0 Å². The first kappa shape index (κ1) is 12.4. The molecule has 1 amide bonds. The molecule has 0 aliphatic heterocycles. The number of hydrogen-bond acceptors (Lipinski definition) is 3. The van der Waals surface area contributed by atoms with Gasteiger partial charge < -0.3 is 14.8 Å². The molecule has 0 aliphatic carbocycles. The van der Waals surface area contributed by atoms with Gasteiger partial charge in [-0.2, -0.15) is 0 Å². The largest absolute Gasteiger partial charge is 0.497 e. The summed E-state index contributed by atoms with van der Waals surface area (Å²) in [5.41, 5.74) is 2.24. The number of carbonyl (C=O) groups is 1. The van der Waals surface area contributed by atoms with Crippen molar-refractivity contribution in [2.75, 3.05) is 14.2 Å². The van der Waals surface area contributed by atoms with Crippen molar-refractivity contribution in [3.8, 4) is 5.75 Å². The van der Waals surface area contributed by atoms with Crippen molar-refractivity contribution in [1.29, 1.82) is 0 Å². The lowest BCUT2D eigenvalue weighted by Crippen LogP contribution is -2.22. The molecule has 0 spiro atoms. The molecule has 4 nitrogen and oxygen atoms in total. The molecule has 1 aromatic rings. The molecule has 0 saturated carbocycles. The number of nitrogens with one attached hydrogen (secondary N) is 1. The molecule has 1 rings (SSSR count). The summed E-state index contributed by atoms with van der Waals surface area (Å²) in [4.78, 5) is 11.0. The molecule has 1 N–H and O–H groups in total. The third-order valence-corrected chi connectivity index (χ3v) is 2.40. The number of amides is 1. The van der Waals surface area contributed by atoms with Crippen molar-refractivity contribution in [3.63, 3.8) is 0 Å². The summed E-state index contributed by atoms with van der Waals surface area (Å²) in [6.07, 6.45) is 0.493. The Balaban J connectivity index is 2.78. The summed E-state index contributed by atoms with van der Waals surface area (Å²) in [7, 11) is 2.97. The second-order valence-electron chi connectivity index (χ2n) is 3.33. The van der Waals surface area contributed by atoms with Gasteiger partial charge in [-0.1, -0.05) is 13.0 Å². The number of carbonyl (C=O) groups excluding carboxylic acids is 1. The minimum Gasteiger partial charge on any atom is -0.497 e. The molecule has 0 radical (unpaired) electrons. The third kappa shape index (κ3) is 3.15. The quantitative estimate of drug-likeness (QED) is 0.850. The molecule has 0 heterocycles. The van der Waals surface area contributed by atoms with E-state index in [-0.39, 0.29) is 0 Å². The average molecular weight is 223 g/mol. The Bertz CT molecular complexity index is 363. The Morgan fingerprint density at radius 3 is 2.62 bits per heavy atom. The Morgan fingerprint density at radius 1 is 1.31 bits per heavy atom.